The summed E-state index contributed by atoms with van der Waals surface area (Å²) < 4.78 is 8.14. The summed E-state index contributed by atoms with van der Waals surface area (Å²) in [5, 5.41) is 0. The molecule has 0 N–H and O–H groups in total. The van der Waals surface area contributed by atoms with E-state index in [2.05, 4.69) is 9.47 Å². The molecule has 2 atom stereocenters. The van der Waals surface area contributed by atoms with Crippen molar-refractivity contribution in [2.45, 2.75) is 70.6 Å². The number of carbonyl (C=O) groups is 1. The Kier molecular flexibility index (Phi) is 5.52. The van der Waals surface area contributed by atoms with E-state index in [0.717, 1.165) is 91.4 Å². The van der Waals surface area contributed by atoms with Gasteiger partial charge in [0.15, 0.2) is 5.65 Å². The lowest BCUT2D eigenvalue weighted by atomic mass is 10.1. The van der Waals surface area contributed by atoms with E-state index in [1.54, 1.807) is 0 Å². The van der Waals surface area contributed by atoms with Crippen molar-refractivity contribution in [2.75, 3.05) is 24.7 Å². The van der Waals surface area contributed by atoms with E-state index in [0.29, 0.717) is 12.6 Å². The number of hydrogen-bond donors (Lipinski definition) is 0. The third kappa shape index (κ3) is 3.79. The normalized spacial score (nSPS) is 24.6. The summed E-state index contributed by atoms with van der Waals surface area (Å²) in [6.07, 6.45) is 7.90. The van der Waals surface area contributed by atoms with Crippen molar-refractivity contribution in [3.05, 3.63) is 23.1 Å². The molecule has 0 spiro atoms. The third-order valence-corrected chi connectivity index (χ3v) is 7.60. The van der Waals surface area contributed by atoms with Crippen molar-refractivity contribution in [3.8, 4) is 0 Å². The topological polar surface area (TPSA) is 60.3 Å². The van der Waals surface area contributed by atoms with Gasteiger partial charge in [-0.15, -0.1) is 0 Å². The molecule has 0 radical (unpaired) electrons. The van der Waals surface area contributed by atoms with Gasteiger partial charge in [-0.2, -0.15) is 11.8 Å². The first-order valence-electron chi connectivity index (χ1n) is 11.1. The molecule has 2 unspecified atom stereocenters. The van der Waals surface area contributed by atoms with Crippen molar-refractivity contribution >= 4 is 28.8 Å². The van der Waals surface area contributed by atoms with Crippen LogP contribution in [0, 0.1) is 6.92 Å². The maximum absolute atomic E-state index is 13.9. The van der Waals surface area contributed by atoms with E-state index in [1.807, 2.05) is 24.8 Å². The molecule has 0 aromatic carbocycles. The fraction of sp³-hybridized carbons (Fsp3) is 0.682. The van der Waals surface area contributed by atoms with Crippen LogP contribution in [-0.4, -0.2) is 62.1 Å². The lowest BCUT2D eigenvalue weighted by Gasteiger charge is -2.31. The second-order valence-corrected chi connectivity index (χ2v) is 9.73. The lowest BCUT2D eigenvalue weighted by Crippen LogP contribution is -2.44. The molecule has 0 saturated carbocycles. The first kappa shape index (κ1) is 19.4. The minimum absolute atomic E-state index is 0.108. The maximum atomic E-state index is 13.9. The summed E-state index contributed by atoms with van der Waals surface area (Å²) in [6.45, 7) is 4.45. The van der Waals surface area contributed by atoms with E-state index < -0.39 is 0 Å². The molecule has 3 aliphatic rings. The zero-order valence-electron chi connectivity index (χ0n) is 17.2. The smallest absolute Gasteiger partial charge is 0.256 e. The number of fused-ring (bicyclic) bond motifs is 3. The number of ether oxygens (including phenoxy) is 1. The van der Waals surface area contributed by atoms with E-state index in [4.69, 9.17) is 14.7 Å². The standard InChI is InChI=1S/C22H30N4O2S/c1-15-12-18(20-21(23-15)25-9-4-2-3-7-19(25)24-20)22(27)26(16-8-11-29-14-16)13-17-6-5-10-28-17/h12,16-17H,2-11,13-14H2,1H3. The van der Waals surface area contributed by atoms with E-state index >= 15 is 0 Å². The lowest BCUT2D eigenvalue weighted by molar-refractivity contribution is 0.0443. The van der Waals surface area contributed by atoms with Crippen LogP contribution in [0.4, 0.5) is 0 Å². The first-order chi connectivity index (χ1) is 14.2. The molecule has 1 amide bonds. The van der Waals surface area contributed by atoms with Gasteiger partial charge >= 0.3 is 0 Å². The van der Waals surface area contributed by atoms with Gasteiger partial charge in [0.1, 0.15) is 11.3 Å². The Hall–Kier alpha value is -1.60. The number of nitrogens with zero attached hydrogens (tertiary/aromatic N) is 4. The SMILES string of the molecule is Cc1cc(C(=O)N(CC2CCCO2)C2CCSC2)c2nc3n(c2n1)CCCCC3. The second-order valence-electron chi connectivity index (χ2n) is 8.58. The number of thioether (sulfide) groups is 1. The molecule has 2 saturated heterocycles. The zero-order valence-corrected chi connectivity index (χ0v) is 18.0. The van der Waals surface area contributed by atoms with Crippen molar-refractivity contribution in [1.29, 1.82) is 0 Å². The highest BCUT2D eigenvalue weighted by Gasteiger charge is 2.33. The van der Waals surface area contributed by atoms with Crippen molar-refractivity contribution in [2.24, 2.45) is 0 Å². The maximum Gasteiger partial charge on any atom is 0.256 e. The minimum atomic E-state index is 0.108. The van der Waals surface area contributed by atoms with Gasteiger partial charge in [-0.3, -0.25) is 4.79 Å². The molecule has 5 heterocycles. The summed E-state index contributed by atoms with van der Waals surface area (Å²) in [5.41, 5.74) is 3.30. The predicted molar refractivity (Wildman–Crippen MR) is 116 cm³/mol. The fourth-order valence-corrected chi connectivity index (χ4v) is 6.13. The van der Waals surface area contributed by atoms with E-state index in [-0.39, 0.29) is 12.0 Å². The Morgan fingerprint density at radius 3 is 3.00 bits per heavy atom. The number of carbonyl (C=O) groups excluding carboxylic acids is 1. The molecular weight excluding hydrogens is 384 g/mol. The predicted octanol–water partition coefficient (Wildman–Crippen LogP) is 3.59. The van der Waals surface area contributed by atoms with Crippen LogP contribution < -0.4 is 0 Å². The molecule has 156 valence electrons. The Balaban J connectivity index is 1.54. The summed E-state index contributed by atoms with van der Waals surface area (Å²) >= 11 is 1.95. The zero-order chi connectivity index (χ0) is 19.8. The quantitative estimate of drug-likeness (QED) is 0.765. The van der Waals surface area contributed by atoms with Crippen LogP contribution in [-0.2, 0) is 17.7 Å². The molecule has 7 heteroatoms. The van der Waals surface area contributed by atoms with Gasteiger partial charge in [0.05, 0.1) is 11.7 Å². The molecule has 2 aromatic heterocycles. The monoisotopic (exact) mass is 414 g/mol. The van der Waals surface area contributed by atoms with Gasteiger partial charge in [-0.05, 0) is 50.8 Å². The molecule has 2 fully saturated rings. The van der Waals surface area contributed by atoms with Crippen molar-refractivity contribution in [1.82, 2.24) is 19.4 Å². The van der Waals surface area contributed by atoms with Gasteiger partial charge < -0.3 is 14.2 Å². The van der Waals surface area contributed by atoms with Gasteiger partial charge in [0.2, 0.25) is 0 Å². The van der Waals surface area contributed by atoms with Crippen molar-refractivity contribution in [3.63, 3.8) is 0 Å². The van der Waals surface area contributed by atoms with Gasteiger partial charge in [-0.25, -0.2) is 9.97 Å². The molecule has 3 aliphatic heterocycles. The molecule has 0 bridgehead atoms. The molecular formula is C22H30N4O2S. The van der Waals surface area contributed by atoms with Crippen LogP contribution in [0.25, 0.3) is 11.2 Å². The highest BCUT2D eigenvalue weighted by atomic mass is 32.2. The van der Waals surface area contributed by atoms with E-state index in [9.17, 15) is 4.79 Å². The van der Waals surface area contributed by atoms with Crippen LogP contribution in [0.5, 0.6) is 0 Å². The number of aromatic nitrogens is 3. The Labute approximate surface area is 176 Å². The minimum Gasteiger partial charge on any atom is -0.376 e. The highest BCUT2D eigenvalue weighted by molar-refractivity contribution is 7.99. The summed E-state index contributed by atoms with van der Waals surface area (Å²) in [5.74, 6) is 3.35. The number of aryl methyl sites for hydroxylation is 3. The molecule has 29 heavy (non-hydrogen) atoms. The summed E-state index contributed by atoms with van der Waals surface area (Å²) in [7, 11) is 0. The van der Waals surface area contributed by atoms with Crippen LogP contribution in [0.15, 0.2) is 6.07 Å². The average Bonchev–Trinajstić information content (AvgIpc) is 3.45. The molecule has 0 aliphatic carbocycles. The summed E-state index contributed by atoms with van der Waals surface area (Å²) in [4.78, 5) is 25.7. The van der Waals surface area contributed by atoms with E-state index in [1.165, 1.54) is 6.42 Å². The van der Waals surface area contributed by atoms with Gasteiger partial charge in [0, 0.05) is 43.6 Å². The number of hydrogen-bond acceptors (Lipinski definition) is 5. The van der Waals surface area contributed by atoms with Crippen LogP contribution >= 0.6 is 11.8 Å². The van der Waals surface area contributed by atoms with Crippen LogP contribution in [0.3, 0.4) is 0 Å². The fourth-order valence-electron chi connectivity index (χ4n) is 4.91. The third-order valence-electron chi connectivity index (χ3n) is 6.45. The Bertz CT molecular complexity index is 900. The largest absolute Gasteiger partial charge is 0.376 e. The number of imidazole rings is 1. The van der Waals surface area contributed by atoms with Crippen LogP contribution in [0.1, 0.15) is 60.4 Å². The highest BCUT2D eigenvalue weighted by Crippen LogP contribution is 2.29. The molecule has 6 nitrogen and oxygen atoms in total. The van der Waals surface area contributed by atoms with Gasteiger partial charge in [0.25, 0.3) is 5.91 Å². The number of amides is 1. The van der Waals surface area contributed by atoms with Crippen molar-refractivity contribution < 1.29 is 9.53 Å². The average molecular weight is 415 g/mol. The number of rotatable bonds is 4. The second kappa shape index (κ2) is 8.26. The Morgan fingerprint density at radius 2 is 2.21 bits per heavy atom. The number of pyridine rings is 1. The van der Waals surface area contributed by atoms with Crippen LogP contribution in [0.2, 0.25) is 0 Å². The van der Waals surface area contributed by atoms with Gasteiger partial charge in [-0.1, -0.05) is 6.42 Å². The first-order valence-corrected chi connectivity index (χ1v) is 12.2. The Morgan fingerprint density at radius 1 is 1.28 bits per heavy atom. The summed E-state index contributed by atoms with van der Waals surface area (Å²) in [6, 6.07) is 2.24. The molecule has 2 aromatic rings. The molecule has 5 rings (SSSR count).